The molecule has 1 aliphatic heterocycles. The van der Waals surface area contributed by atoms with Crippen LogP contribution in [0.3, 0.4) is 0 Å². The number of carbonyl (C=O) groups is 3. The van der Waals surface area contributed by atoms with Gasteiger partial charge in [0.25, 0.3) is 0 Å². The lowest BCUT2D eigenvalue weighted by Crippen LogP contribution is -2.44. The topological polar surface area (TPSA) is 83.9 Å². The molecule has 0 aromatic heterocycles. The Labute approximate surface area is 136 Å². The zero-order valence-corrected chi connectivity index (χ0v) is 14.0. The van der Waals surface area contributed by atoms with Crippen molar-refractivity contribution in [3.8, 4) is 0 Å². The summed E-state index contributed by atoms with van der Waals surface area (Å²) >= 11 is 0. The Morgan fingerprint density at radius 2 is 1.87 bits per heavy atom. The Bertz CT molecular complexity index is 508. The zero-order chi connectivity index (χ0) is 17.8. The fraction of sp³-hybridized carbons (Fsp3) is 0.588. The first-order valence-electron chi connectivity index (χ1n) is 7.53. The molecule has 1 atom stereocenters. The van der Waals surface area contributed by atoms with Gasteiger partial charge in [-0.05, 0) is 24.7 Å². The van der Waals surface area contributed by atoms with E-state index in [-0.39, 0.29) is 31.3 Å². The van der Waals surface area contributed by atoms with E-state index in [1.165, 1.54) is 0 Å². The summed E-state index contributed by atoms with van der Waals surface area (Å²) in [6, 6.07) is -1.12. The first-order chi connectivity index (χ1) is 10.6. The van der Waals surface area contributed by atoms with Crippen molar-refractivity contribution in [2.24, 2.45) is 10.8 Å². The third-order valence-electron chi connectivity index (χ3n) is 3.76. The van der Waals surface area contributed by atoms with E-state index in [2.05, 4.69) is 13.2 Å². The SMILES string of the molecule is C=CCC1(CC=C)CC(C(=O)OCC(C)(C)C)N(C(=O)O)C1=O. The average molecular weight is 323 g/mol. The monoisotopic (exact) mass is 323 g/mol. The van der Waals surface area contributed by atoms with Gasteiger partial charge in [0.05, 0.1) is 12.0 Å². The molecule has 23 heavy (non-hydrogen) atoms. The molecule has 1 unspecified atom stereocenters. The van der Waals surface area contributed by atoms with E-state index in [9.17, 15) is 19.5 Å². The Morgan fingerprint density at radius 1 is 1.35 bits per heavy atom. The van der Waals surface area contributed by atoms with E-state index in [0.717, 1.165) is 0 Å². The van der Waals surface area contributed by atoms with Crippen LogP contribution in [0.25, 0.3) is 0 Å². The Kier molecular flexibility index (Phi) is 5.75. The molecule has 1 fully saturated rings. The number of likely N-dealkylation sites (tertiary alicyclic amines) is 1. The Hall–Kier alpha value is -2.11. The third-order valence-corrected chi connectivity index (χ3v) is 3.76. The van der Waals surface area contributed by atoms with Crippen molar-refractivity contribution in [1.82, 2.24) is 4.90 Å². The van der Waals surface area contributed by atoms with Gasteiger partial charge in [-0.2, -0.15) is 0 Å². The van der Waals surface area contributed by atoms with Crippen LogP contribution in [0.4, 0.5) is 4.79 Å². The van der Waals surface area contributed by atoms with Crippen LogP contribution in [-0.2, 0) is 14.3 Å². The molecule has 0 radical (unpaired) electrons. The van der Waals surface area contributed by atoms with E-state index in [1.807, 2.05) is 20.8 Å². The number of imide groups is 1. The zero-order valence-electron chi connectivity index (χ0n) is 14.0. The van der Waals surface area contributed by atoms with Crippen molar-refractivity contribution in [3.63, 3.8) is 0 Å². The maximum absolute atomic E-state index is 12.6. The van der Waals surface area contributed by atoms with Crippen LogP contribution in [0.15, 0.2) is 25.3 Å². The first kappa shape index (κ1) is 18.9. The fourth-order valence-corrected chi connectivity index (χ4v) is 2.72. The molecule has 1 aliphatic rings. The molecular weight excluding hydrogens is 298 g/mol. The van der Waals surface area contributed by atoms with Gasteiger partial charge in [0.1, 0.15) is 6.04 Å². The van der Waals surface area contributed by atoms with Gasteiger partial charge in [-0.3, -0.25) is 4.79 Å². The van der Waals surface area contributed by atoms with Crippen LogP contribution in [0.2, 0.25) is 0 Å². The molecule has 1 heterocycles. The lowest BCUT2D eigenvalue weighted by molar-refractivity contribution is -0.153. The van der Waals surface area contributed by atoms with Gasteiger partial charge in [-0.1, -0.05) is 32.9 Å². The number of carboxylic acid groups (broad SMARTS) is 1. The number of ether oxygens (including phenoxy) is 1. The molecule has 128 valence electrons. The summed E-state index contributed by atoms with van der Waals surface area (Å²) in [7, 11) is 0. The maximum Gasteiger partial charge on any atom is 0.414 e. The first-order valence-corrected chi connectivity index (χ1v) is 7.53. The van der Waals surface area contributed by atoms with Crippen molar-refractivity contribution in [1.29, 1.82) is 0 Å². The molecular formula is C17H25NO5. The van der Waals surface area contributed by atoms with Crippen molar-refractivity contribution < 1.29 is 24.2 Å². The second-order valence-corrected chi connectivity index (χ2v) is 7.11. The van der Waals surface area contributed by atoms with Gasteiger partial charge in [0.15, 0.2) is 0 Å². The number of amides is 2. The molecule has 2 amide bonds. The molecule has 0 aromatic carbocycles. The second kappa shape index (κ2) is 6.98. The van der Waals surface area contributed by atoms with E-state index < -0.39 is 29.4 Å². The van der Waals surface area contributed by atoms with E-state index in [1.54, 1.807) is 12.2 Å². The normalized spacial score (nSPS) is 20.2. The number of carbonyl (C=O) groups excluding carboxylic acids is 2. The lowest BCUT2D eigenvalue weighted by Gasteiger charge is -2.23. The maximum atomic E-state index is 12.6. The standard InChI is InChI=1S/C17H25NO5/c1-6-8-17(9-7-2)10-12(18(14(17)20)15(21)22)13(19)23-11-16(3,4)5/h6-7,12H,1-2,8-11H2,3-5H3,(H,21,22). The van der Waals surface area contributed by atoms with Crippen LogP contribution in [-0.4, -0.2) is 40.6 Å². The van der Waals surface area contributed by atoms with Gasteiger partial charge in [0.2, 0.25) is 5.91 Å². The van der Waals surface area contributed by atoms with Crippen molar-refractivity contribution in [2.45, 2.75) is 46.1 Å². The smallest absolute Gasteiger partial charge is 0.414 e. The Balaban J connectivity index is 3.08. The number of hydrogen-bond acceptors (Lipinski definition) is 4. The fourth-order valence-electron chi connectivity index (χ4n) is 2.72. The Morgan fingerprint density at radius 3 is 2.26 bits per heavy atom. The number of esters is 1. The molecule has 0 spiro atoms. The number of nitrogens with zero attached hydrogens (tertiary/aromatic N) is 1. The quantitative estimate of drug-likeness (QED) is 0.600. The van der Waals surface area contributed by atoms with Crippen LogP contribution in [0.5, 0.6) is 0 Å². The highest BCUT2D eigenvalue weighted by Gasteiger charge is 2.55. The minimum Gasteiger partial charge on any atom is -0.465 e. The highest BCUT2D eigenvalue weighted by atomic mass is 16.5. The summed E-state index contributed by atoms with van der Waals surface area (Å²) in [6.45, 7) is 13.1. The van der Waals surface area contributed by atoms with E-state index in [0.29, 0.717) is 4.90 Å². The molecule has 1 N–H and O–H groups in total. The summed E-state index contributed by atoms with van der Waals surface area (Å²) in [5.41, 5.74) is -1.24. The molecule has 0 aromatic rings. The van der Waals surface area contributed by atoms with Crippen LogP contribution in [0, 0.1) is 10.8 Å². The van der Waals surface area contributed by atoms with Gasteiger partial charge >= 0.3 is 12.1 Å². The van der Waals surface area contributed by atoms with E-state index >= 15 is 0 Å². The van der Waals surface area contributed by atoms with Gasteiger partial charge < -0.3 is 9.84 Å². The molecule has 6 heteroatoms. The summed E-state index contributed by atoms with van der Waals surface area (Å²) < 4.78 is 5.22. The van der Waals surface area contributed by atoms with Crippen LogP contribution in [0.1, 0.15) is 40.0 Å². The van der Waals surface area contributed by atoms with Crippen molar-refractivity contribution >= 4 is 18.0 Å². The van der Waals surface area contributed by atoms with Gasteiger partial charge in [-0.15, -0.1) is 13.2 Å². The number of allylic oxidation sites excluding steroid dienone is 2. The molecule has 0 bridgehead atoms. The molecule has 6 nitrogen and oxygen atoms in total. The van der Waals surface area contributed by atoms with Gasteiger partial charge in [-0.25, -0.2) is 14.5 Å². The summed E-state index contributed by atoms with van der Waals surface area (Å²) in [6.07, 6.45) is 2.33. The minimum atomic E-state index is -1.44. The van der Waals surface area contributed by atoms with E-state index in [4.69, 9.17) is 4.74 Å². The van der Waals surface area contributed by atoms with Crippen LogP contribution < -0.4 is 0 Å². The minimum absolute atomic E-state index is 0.0825. The molecule has 1 saturated heterocycles. The number of rotatable bonds is 6. The predicted molar refractivity (Wildman–Crippen MR) is 85.8 cm³/mol. The highest BCUT2D eigenvalue weighted by Crippen LogP contribution is 2.43. The summed E-state index contributed by atoms with van der Waals surface area (Å²) in [5, 5.41) is 9.35. The largest absolute Gasteiger partial charge is 0.465 e. The molecule has 1 rings (SSSR count). The van der Waals surface area contributed by atoms with Gasteiger partial charge in [0, 0.05) is 0 Å². The van der Waals surface area contributed by atoms with Crippen LogP contribution >= 0.6 is 0 Å². The summed E-state index contributed by atoms with van der Waals surface area (Å²) in [5.74, 6) is -1.28. The lowest BCUT2D eigenvalue weighted by atomic mass is 9.78. The van der Waals surface area contributed by atoms with Crippen molar-refractivity contribution in [2.75, 3.05) is 6.61 Å². The third kappa shape index (κ3) is 4.21. The molecule has 0 saturated carbocycles. The molecule has 0 aliphatic carbocycles. The number of hydrogen-bond donors (Lipinski definition) is 1. The summed E-state index contributed by atoms with van der Waals surface area (Å²) in [4.78, 5) is 37.0. The highest BCUT2D eigenvalue weighted by molar-refractivity contribution is 6.02. The predicted octanol–water partition coefficient (Wildman–Crippen LogP) is 2.99. The average Bonchev–Trinajstić information content (AvgIpc) is 2.70. The second-order valence-electron chi connectivity index (χ2n) is 7.11. The van der Waals surface area contributed by atoms with Crippen molar-refractivity contribution in [3.05, 3.63) is 25.3 Å².